The zero-order valence-electron chi connectivity index (χ0n) is 7.76. The molecule has 0 bridgehead atoms. The van der Waals surface area contributed by atoms with Crippen LogP contribution in [0.25, 0.3) is 0 Å². The Morgan fingerprint density at radius 2 is 2.00 bits per heavy atom. The third kappa shape index (κ3) is 1.88. The first kappa shape index (κ1) is 8.44. The van der Waals surface area contributed by atoms with Gasteiger partial charge in [-0.05, 0) is 19.8 Å². The summed E-state index contributed by atoms with van der Waals surface area (Å²) in [5, 5.41) is 0. The Kier molecular flexibility index (Phi) is 2.42. The van der Waals surface area contributed by atoms with Crippen LogP contribution in [-0.2, 0) is 0 Å². The van der Waals surface area contributed by atoms with Crippen LogP contribution in [0, 0.1) is 5.92 Å². The molecule has 0 radical (unpaired) electrons. The summed E-state index contributed by atoms with van der Waals surface area (Å²) in [5.74, 6) is 0.578. The van der Waals surface area contributed by atoms with Crippen LogP contribution in [0.1, 0.15) is 27.7 Å². The molecule has 62 valence electrons. The van der Waals surface area contributed by atoms with Crippen molar-refractivity contribution in [3.05, 3.63) is 0 Å². The van der Waals surface area contributed by atoms with Crippen LogP contribution in [0.2, 0.25) is 0 Å². The van der Waals surface area contributed by atoms with E-state index in [1.165, 1.54) is 5.71 Å². The van der Waals surface area contributed by atoms with E-state index in [-0.39, 0.29) is 0 Å². The SMILES string of the molecule is CC1=N[C@@H](C(C)C)C(C)=NC1. The lowest BCUT2D eigenvalue weighted by molar-refractivity contribution is 0.589. The quantitative estimate of drug-likeness (QED) is 0.548. The zero-order chi connectivity index (χ0) is 8.43. The predicted octanol–water partition coefficient (Wildman–Crippen LogP) is 1.95. The number of aliphatic imine (C=N–C) groups is 2. The first-order chi connectivity index (χ1) is 5.11. The topological polar surface area (TPSA) is 24.7 Å². The highest BCUT2D eigenvalue weighted by Gasteiger charge is 2.17. The van der Waals surface area contributed by atoms with Gasteiger partial charge in [0.2, 0.25) is 0 Å². The average Bonchev–Trinajstić information content (AvgIpc) is 1.94. The van der Waals surface area contributed by atoms with Crippen LogP contribution in [-0.4, -0.2) is 24.0 Å². The lowest BCUT2D eigenvalue weighted by Gasteiger charge is -2.20. The molecule has 0 N–H and O–H groups in total. The van der Waals surface area contributed by atoms with E-state index in [0.717, 1.165) is 12.3 Å². The van der Waals surface area contributed by atoms with Crippen molar-refractivity contribution >= 4 is 11.4 Å². The van der Waals surface area contributed by atoms with Gasteiger partial charge in [-0.1, -0.05) is 13.8 Å². The van der Waals surface area contributed by atoms with Gasteiger partial charge in [0.1, 0.15) is 0 Å². The minimum Gasteiger partial charge on any atom is -0.286 e. The molecule has 0 aromatic rings. The van der Waals surface area contributed by atoms with E-state index >= 15 is 0 Å². The van der Waals surface area contributed by atoms with Gasteiger partial charge < -0.3 is 0 Å². The molecule has 2 heteroatoms. The molecule has 2 nitrogen and oxygen atoms in total. The minimum absolute atomic E-state index is 0.337. The molecule has 0 spiro atoms. The molecule has 0 saturated carbocycles. The van der Waals surface area contributed by atoms with Gasteiger partial charge in [-0.15, -0.1) is 0 Å². The largest absolute Gasteiger partial charge is 0.286 e. The molecule has 0 aromatic carbocycles. The molecular formula is C9H16N2. The summed E-state index contributed by atoms with van der Waals surface area (Å²) in [6.45, 7) is 9.29. The van der Waals surface area contributed by atoms with Crippen molar-refractivity contribution in [2.24, 2.45) is 15.9 Å². The van der Waals surface area contributed by atoms with Gasteiger partial charge in [0.15, 0.2) is 0 Å². The molecule has 1 aliphatic heterocycles. The maximum atomic E-state index is 4.55. The summed E-state index contributed by atoms with van der Waals surface area (Å²) >= 11 is 0. The van der Waals surface area contributed by atoms with Crippen molar-refractivity contribution in [1.82, 2.24) is 0 Å². The Hall–Kier alpha value is -0.660. The number of hydrogen-bond donors (Lipinski definition) is 0. The maximum absolute atomic E-state index is 4.55. The molecule has 0 amide bonds. The molecule has 0 aromatic heterocycles. The van der Waals surface area contributed by atoms with Crippen molar-refractivity contribution in [2.75, 3.05) is 6.54 Å². The Balaban J connectivity index is 2.76. The molecular weight excluding hydrogens is 136 g/mol. The van der Waals surface area contributed by atoms with Crippen molar-refractivity contribution in [1.29, 1.82) is 0 Å². The number of nitrogens with zero attached hydrogens (tertiary/aromatic N) is 2. The summed E-state index contributed by atoms with van der Waals surface area (Å²) in [7, 11) is 0. The highest BCUT2D eigenvalue weighted by atomic mass is 14.9. The van der Waals surface area contributed by atoms with Crippen LogP contribution in [0.15, 0.2) is 9.98 Å². The highest BCUT2D eigenvalue weighted by Crippen LogP contribution is 2.12. The average molecular weight is 152 g/mol. The van der Waals surface area contributed by atoms with Gasteiger partial charge in [-0.3, -0.25) is 9.98 Å². The van der Waals surface area contributed by atoms with E-state index < -0.39 is 0 Å². The van der Waals surface area contributed by atoms with E-state index in [1.807, 2.05) is 6.92 Å². The minimum atomic E-state index is 0.337. The standard InChI is InChI=1S/C9H16N2/c1-6(2)9-8(4)10-5-7(3)11-9/h6,9H,5H2,1-4H3/t9-/m0/s1. The van der Waals surface area contributed by atoms with Crippen LogP contribution < -0.4 is 0 Å². The third-order valence-corrected chi connectivity index (χ3v) is 1.98. The zero-order valence-corrected chi connectivity index (χ0v) is 7.76. The van der Waals surface area contributed by atoms with E-state index in [9.17, 15) is 0 Å². The Morgan fingerprint density at radius 3 is 2.45 bits per heavy atom. The van der Waals surface area contributed by atoms with Gasteiger partial charge in [0.25, 0.3) is 0 Å². The summed E-state index contributed by atoms with van der Waals surface area (Å²) in [6, 6.07) is 0.337. The van der Waals surface area contributed by atoms with Crippen molar-refractivity contribution in [2.45, 2.75) is 33.7 Å². The summed E-state index contributed by atoms with van der Waals surface area (Å²) < 4.78 is 0. The fraction of sp³-hybridized carbons (Fsp3) is 0.778. The molecule has 0 unspecified atom stereocenters. The van der Waals surface area contributed by atoms with Crippen LogP contribution in [0.4, 0.5) is 0 Å². The van der Waals surface area contributed by atoms with Gasteiger partial charge >= 0.3 is 0 Å². The van der Waals surface area contributed by atoms with Crippen LogP contribution >= 0.6 is 0 Å². The summed E-state index contributed by atoms with van der Waals surface area (Å²) in [5.41, 5.74) is 2.35. The number of rotatable bonds is 1. The monoisotopic (exact) mass is 152 g/mol. The molecule has 1 aliphatic rings. The van der Waals surface area contributed by atoms with Gasteiger partial charge in [-0.25, -0.2) is 0 Å². The maximum Gasteiger partial charge on any atom is 0.0896 e. The molecule has 1 rings (SSSR count). The summed E-state index contributed by atoms with van der Waals surface area (Å²) in [6.07, 6.45) is 0. The lowest BCUT2D eigenvalue weighted by Crippen LogP contribution is -2.28. The first-order valence-corrected chi connectivity index (χ1v) is 4.15. The Bertz CT molecular complexity index is 202. The normalized spacial score (nSPS) is 25.0. The fourth-order valence-corrected chi connectivity index (χ4v) is 1.34. The second-order valence-electron chi connectivity index (χ2n) is 3.51. The smallest absolute Gasteiger partial charge is 0.0896 e. The van der Waals surface area contributed by atoms with Gasteiger partial charge in [0.05, 0.1) is 12.6 Å². The lowest BCUT2D eigenvalue weighted by atomic mass is 9.99. The Labute approximate surface area is 68.4 Å². The molecule has 0 aliphatic carbocycles. The predicted molar refractivity (Wildman–Crippen MR) is 49.7 cm³/mol. The van der Waals surface area contributed by atoms with Crippen molar-refractivity contribution < 1.29 is 0 Å². The van der Waals surface area contributed by atoms with Gasteiger partial charge in [0, 0.05) is 11.4 Å². The number of hydrogen-bond acceptors (Lipinski definition) is 2. The van der Waals surface area contributed by atoms with Crippen LogP contribution in [0.5, 0.6) is 0 Å². The molecule has 1 atom stereocenters. The molecule has 0 saturated heterocycles. The second kappa shape index (κ2) is 3.16. The third-order valence-electron chi connectivity index (χ3n) is 1.98. The first-order valence-electron chi connectivity index (χ1n) is 4.15. The molecule has 0 fully saturated rings. The Morgan fingerprint density at radius 1 is 1.36 bits per heavy atom. The van der Waals surface area contributed by atoms with E-state index in [1.54, 1.807) is 0 Å². The fourth-order valence-electron chi connectivity index (χ4n) is 1.34. The van der Waals surface area contributed by atoms with Crippen molar-refractivity contribution in [3.63, 3.8) is 0 Å². The molecule has 1 heterocycles. The molecule has 11 heavy (non-hydrogen) atoms. The second-order valence-corrected chi connectivity index (χ2v) is 3.51. The van der Waals surface area contributed by atoms with E-state index in [2.05, 4.69) is 30.8 Å². The van der Waals surface area contributed by atoms with Crippen LogP contribution in [0.3, 0.4) is 0 Å². The van der Waals surface area contributed by atoms with E-state index in [4.69, 9.17) is 0 Å². The van der Waals surface area contributed by atoms with E-state index in [0.29, 0.717) is 12.0 Å². The highest BCUT2D eigenvalue weighted by molar-refractivity contribution is 5.97. The summed E-state index contributed by atoms with van der Waals surface area (Å²) in [4.78, 5) is 8.95. The van der Waals surface area contributed by atoms with Gasteiger partial charge in [-0.2, -0.15) is 0 Å². The van der Waals surface area contributed by atoms with Crippen molar-refractivity contribution in [3.8, 4) is 0 Å².